The fourth-order valence-electron chi connectivity index (χ4n) is 2.62. The molecule has 1 rings (SSSR count). The molecule has 7 N–H and O–H groups in total. The lowest BCUT2D eigenvalue weighted by atomic mass is 10.0. The van der Waals surface area contributed by atoms with Gasteiger partial charge < -0.3 is 31.9 Å². The summed E-state index contributed by atoms with van der Waals surface area (Å²) in [6.07, 6.45) is 1.07. The Balaban J connectivity index is 2.66. The van der Waals surface area contributed by atoms with Gasteiger partial charge in [0, 0.05) is 6.42 Å². The van der Waals surface area contributed by atoms with Crippen LogP contribution in [-0.2, 0) is 25.6 Å². The zero-order valence-electron chi connectivity index (χ0n) is 17.5. The first-order valence-corrected chi connectivity index (χ1v) is 11.1. The highest BCUT2D eigenvalue weighted by Crippen LogP contribution is 2.05. The number of amides is 3. The van der Waals surface area contributed by atoms with Gasteiger partial charge in [0.2, 0.25) is 17.7 Å². The monoisotopic (exact) mass is 454 g/mol. The molecule has 0 saturated heterocycles. The summed E-state index contributed by atoms with van der Waals surface area (Å²) in [5.74, 6) is -2.63. The number of carbonyl (C=O) groups is 4. The van der Waals surface area contributed by atoms with E-state index in [0.29, 0.717) is 17.7 Å². The van der Waals surface area contributed by atoms with E-state index in [1.807, 2.05) is 6.26 Å². The van der Waals surface area contributed by atoms with E-state index in [1.165, 1.54) is 6.92 Å². The molecule has 0 aliphatic carbocycles. The van der Waals surface area contributed by atoms with Crippen LogP contribution in [0.1, 0.15) is 18.9 Å². The van der Waals surface area contributed by atoms with Crippen LogP contribution < -0.4 is 21.7 Å². The van der Waals surface area contributed by atoms with Crippen molar-refractivity contribution in [2.45, 2.75) is 44.0 Å². The average Bonchev–Trinajstić information content (AvgIpc) is 2.73. The van der Waals surface area contributed by atoms with Crippen molar-refractivity contribution in [1.29, 1.82) is 0 Å². The van der Waals surface area contributed by atoms with Crippen LogP contribution in [0.25, 0.3) is 0 Å². The van der Waals surface area contributed by atoms with Crippen molar-refractivity contribution in [2.24, 2.45) is 5.73 Å². The van der Waals surface area contributed by atoms with Crippen LogP contribution in [0, 0.1) is 0 Å². The number of thioether (sulfide) groups is 1. The van der Waals surface area contributed by atoms with Crippen molar-refractivity contribution in [3.63, 3.8) is 0 Å². The molecule has 3 amide bonds. The van der Waals surface area contributed by atoms with E-state index >= 15 is 0 Å². The van der Waals surface area contributed by atoms with Gasteiger partial charge in [-0.15, -0.1) is 0 Å². The van der Waals surface area contributed by atoms with Gasteiger partial charge in [0.25, 0.3) is 0 Å². The summed E-state index contributed by atoms with van der Waals surface area (Å²) in [6, 6.07) is 5.32. The third-order valence-electron chi connectivity index (χ3n) is 4.37. The third kappa shape index (κ3) is 9.81. The lowest BCUT2D eigenvalue weighted by Gasteiger charge is -2.23. The van der Waals surface area contributed by atoms with Crippen LogP contribution in [0.2, 0.25) is 0 Å². The first-order valence-electron chi connectivity index (χ1n) is 9.72. The molecular formula is C20H30N4O6S. The molecule has 1 aromatic rings. The number of carboxylic acids is 1. The summed E-state index contributed by atoms with van der Waals surface area (Å²) in [5.41, 5.74) is 6.42. The molecule has 4 unspecified atom stereocenters. The number of hydrogen-bond donors (Lipinski definition) is 6. The van der Waals surface area contributed by atoms with Gasteiger partial charge in [0.05, 0.1) is 18.7 Å². The highest BCUT2D eigenvalue weighted by Gasteiger charge is 2.30. The van der Waals surface area contributed by atoms with Crippen LogP contribution in [0.4, 0.5) is 0 Å². The highest BCUT2D eigenvalue weighted by atomic mass is 32.2. The molecule has 11 heteroatoms. The molecule has 0 aliphatic heterocycles. The van der Waals surface area contributed by atoms with E-state index in [-0.39, 0.29) is 6.42 Å². The minimum Gasteiger partial charge on any atom is -0.480 e. The number of rotatable bonds is 13. The van der Waals surface area contributed by atoms with Gasteiger partial charge in [-0.1, -0.05) is 30.3 Å². The summed E-state index contributed by atoms with van der Waals surface area (Å²) < 4.78 is 0. The lowest BCUT2D eigenvalue weighted by Crippen LogP contribution is -2.57. The zero-order chi connectivity index (χ0) is 23.4. The predicted octanol–water partition coefficient (Wildman–Crippen LogP) is -1.14. The number of aliphatic hydroxyl groups excluding tert-OH is 1. The molecule has 0 heterocycles. The van der Waals surface area contributed by atoms with Crippen LogP contribution in [0.5, 0.6) is 0 Å². The molecule has 0 radical (unpaired) electrons. The summed E-state index contributed by atoms with van der Waals surface area (Å²) in [5, 5.41) is 26.3. The van der Waals surface area contributed by atoms with E-state index in [9.17, 15) is 29.4 Å². The predicted molar refractivity (Wildman–Crippen MR) is 117 cm³/mol. The fraction of sp³-hybridized carbons (Fsp3) is 0.500. The quantitative estimate of drug-likeness (QED) is 0.217. The number of aliphatic carboxylic acids is 1. The second kappa shape index (κ2) is 13.6. The van der Waals surface area contributed by atoms with Gasteiger partial charge in [-0.2, -0.15) is 11.8 Å². The smallest absolute Gasteiger partial charge is 0.326 e. The lowest BCUT2D eigenvalue weighted by molar-refractivity contribution is -0.142. The minimum atomic E-state index is -1.40. The first-order chi connectivity index (χ1) is 14.6. The number of carbonyl (C=O) groups excluding carboxylic acids is 3. The normalized spacial score (nSPS) is 14.6. The largest absolute Gasteiger partial charge is 0.480 e. The van der Waals surface area contributed by atoms with Crippen molar-refractivity contribution in [3.8, 4) is 0 Å². The van der Waals surface area contributed by atoms with Gasteiger partial charge in [0.1, 0.15) is 12.1 Å². The van der Waals surface area contributed by atoms with Crippen molar-refractivity contribution in [3.05, 3.63) is 35.9 Å². The van der Waals surface area contributed by atoms with Gasteiger partial charge in [-0.3, -0.25) is 14.4 Å². The van der Waals surface area contributed by atoms with Crippen molar-refractivity contribution in [1.82, 2.24) is 16.0 Å². The molecule has 0 saturated carbocycles. The molecule has 0 spiro atoms. The van der Waals surface area contributed by atoms with Gasteiger partial charge in [0.15, 0.2) is 0 Å². The van der Waals surface area contributed by atoms with Gasteiger partial charge in [-0.05, 0) is 30.9 Å². The number of nitrogens with one attached hydrogen (secondary N) is 3. The Hall–Kier alpha value is -2.63. The average molecular weight is 455 g/mol. The second-order valence-corrected chi connectivity index (χ2v) is 7.97. The van der Waals surface area contributed by atoms with E-state index in [1.54, 1.807) is 42.1 Å². The Bertz CT molecular complexity index is 746. The van der Waals surface area contributed by atoms with Gasteiger partial charge >= 0.3 is 5.97 Å². The van der Waals surface area contributed by atoms with Crippen molar-refractivity contribution in [2.75, 3.05) is 18.6 Å². The SMILES string of the molecule is CSCCC(N)C(=O)NCC(=O)NC(C(=O)NC(Cc1ccccc1)C(=O)O)C(C)O. The van der Waals surface area contributed by atoms with Crippen molar-refractivity contribution < 1.29 is 29.4 Å². The molecule has 4 atom stereocenters. The number of benzene rings is 1. The van der Waals surface area contributed by atoms with E-state index in [2.05, 4.69) is 16.0 Å². The third-order valence-corrected chi connectivity index (χ3v) is 5.02. The van der Waals surface area contributed by atoms with Crippen LogP contribution in [-0.4, -0.2) is 76.7 Å². The number of hydrogen-bond acceptors (Lipinski definition) is 7. The second-order valence-electron chi connectivity index (χ2n) is 6.98. The zero-order valence-corrected chi connectivity index (χ0v) is 18.4. The Kier molecular flexibility index (Phi) is 11.6. The van der Waals surface area contributed by atoms with Crippen LogP contribution in [0.15, 0.2) is 30.3 Å². The Morgan fingerprint density at radius 3 is 2.29 bits per heavy atom. The summed E-state index contributed by atoms with van der Waals surface area (Å²) in [4.78, 5) is 48.1. The Morgan fingerprint density at radius 2 is 1.74 bits per heavy atom. The maximum Gasteiger partial charge on any atom is 0.326 e. The molecule has 31 heavy (non-hydrogen) atoms. The fourth-order valence-corrected chi connectivity index (χ4v) is 3.11. The van der Waals surface area contributed by atoms with E-state index < -0.39 is 54.5 Å². The maximum absolute atomic E-state index is 12.5. The molecule has 1 aromatic carbocycles. The van der Waals surface area contributed by atoms with E-state index in [0.717, 1.165) is 0 Å². The number of nitrogens with two attached hydrogens (primary N) is 1. The Labute approximate surface area is 185 Å². The summed E-state index contributed by atoms with van der Waals surface area (Å²) in [6.45, 7) is 0.850. The molecule has 0 aromatic heterocycles. The molecule has 0 aliphatic rings. The molecule has 10 nitrogen and oxygen atoms in total. The minimum absolute atomic E-state index is 0.0341. The molecular weight excluding hydrogens is 424 g/mol. The Morgan fingerprint density at radius 1 is 1.10 bits per heavy atom. The van der Waals surface area contributed by atoms with Crippen LogP contribution >= 0.6 is 11.8 Å². The van der Waals surface area contributed by atoms with E-state index in [4.69, 9.17) is 5.73 Å². The number of carboxylic acid groups (broad SMARTS) is 1. The number of aliphatic hydroxyl groups is 1. The molecule has 0 bridgehead atoms. The van der Waals surface area contributed by atoms with Crippen molar-refractivity contribution >= 4 is 35.5 Å². The standard InChI is InChI=1S/C20H30N4O6S/c1-12(25)17(24-16(26)11-22-18(27)14(21)8-9-31-2)19(28)23-15(20(29)30)10-13-6-4-3-5-7-13/h3-7,12,14-15,17,25H,8-11,21H2,1-2H3,(H,22,27)(H,23,28)(H,24,26)(H,29,30). The van der Waals surface area contributed by atoms with Crippen LogP contribution in [0.3, 0.4) is 0 Å². The maximum atomic E-state index is 12.5. The molecule has 0 fully saturated rings. The summed E-state index contributed by atoms with van der Waals surface area (Å²) in [7, 11) is 0. The first kappa shape index (κ1) is 26.4. The molecule has 172 valence electrons. The summed E-state index contributed by atoms with van der Waals surface area (Å²) >= 11 is 1.54. The topological polar surface area (TPSA) is 171 Å². The van der Waals surface area contributed by atoms with Gasteiger partial charge in [-0.25, -0.2) is 4.79 Å². The highest BCUT2D eigenvalue weighted by molar-refractivity contribution is 7.98.